The van der Waals surface area contributed by atoms with Crippen molar-refractivity contribution in [2.75, 3.05) is 12.4 Å². The van der Waals surface area contributed by atoms with Crippen LogP contribution in [0.3, 0.4) is 0 Å². The molecule has 0 spiro atoms. The molecule has 3 aromatic rings. The maximum Gasteiger partial charge on any atom is 0.337 e. The summed E-state index contributed by atoms with van der Waals surface area (Å²) in [6.07, 6.45) is 0.935. The molecule has 0 atom stereocenters. The lowest BCUT2D eigenvalue weighted by molar-refractivity contribution is 0.0600. The molecule has 1 heterocycles. The quantitative estimate of drug-likeness (QED) is 0.351. The van der Waals surface area contributed by atoms with E-state index in [1.807, 2.05) is 36.4 Å². The Morgan fingerprint density at radius 2 is 1.64 bits per heavy atom. The van der Waals surface area contributed by atoms with Crippen molar-refractivity contribution in [3.8, 4) is 0 Å². The predicted octanol–water partition coefficient (Wildman–Crippen LogP) is 4.43. The molecule has 144 valence electrons. The number of benzene rings is 2. The largest absolute Gasteiger partial charge is 0.465 e. The summed E-state index contributed by atoms with van der Waals surface area (Å²) in [7, 11) is 1.36. The second-order valence-corrected chi connectivity index (χ2v) is 8.05. The predicted molar refractivity (Wildman–Crippen MR) is 111 cm³/mol. The third kappa shape index (κ3) is 5.17. The molecule has 0 fully saturated rings. The highest BCUT2D eigenvalue weighted by Crippen LogP contribution is 2.28. The average molecular weight is 414 g/mol. The van der Waals surface area contributed by atoms with Crippen LogP contribution in [0, 0.1) is 0 Å². The minimum Gasteiger partial charge on any atom is -0.465 e. The molecule has 1 N–H and O–H groups in total. The summed E-state index contributed by atoms with van der Waals surface area (Å²) < 4.78 is 5.45. The summed E-state index contributed by atoms with van der Waals surface area (Å²) in [4.78, 5) is 23.7. The minimum atomic E-state index is -0.354. The third-order valence-electron chi connectivity index (χ3n) is 3.99. The number of methoxy groups -OCH3 is 1. The lowest BCUT2D eigenvalue weighted by Gasteiger charge is -2.02. The van der Waals surface area contributed by atoms with Crippen molar-refractivity contribution in [1.82, 2.24) is 10.2 Å². The van der Waals surface area contributed by atoms with Crippen LogP contribution in [0.4, 0.5) is 5.13 Å². The van der Waals surface area contributed by atoms with Gasteiger partial charge in [0.25, 0.3) is 5.91 Å². The van der Waals surface area contributed by atoms with Crippen molar-refractivity contribution in [3.63, 3.8) is 0 Å². The Balaban J connectivity index is 1.55. The molecule has 0 radical (unpaired) electrons. The van der Waals surface area contributed by atoms with E-state index in [9.17, 15) is 9.59 Å². The fourth-order valence-corrected chi connectivity index (χ4v) is 4.08. The lowest BCUT2D eigenvalue weighted by atomic mass is 10.1. The Hall–Kier alpha value is -2.71. The maximum atomic E-state index is 12.3. The Labute approximate surface area is 171 Å². The fourth-order valence-electron chi connectivity index (χ4n) is 2.38. The zero-order valence-electron chi connectivity index (χ0n) is 15.5. The van der Waals surface area contributed by atoms with Crippen LogP contribution in [-0.4, -0.2) is 29.2 Å². The molecular weight excluding hydrogens is 394 g/mol. The number of thioether (sulfide) groups is 1. The van der Waals surface area contributed by atoms with E-state index >= 15 is 0 Å². The van der Waals surface area contributed by atoms with Gasteiger partial charge in [0.2, 0.25) is 5.13 Å². The first-order valence-electron chi connectivity index (χ1n) is 8.63. The topological polar surface area (TPSA) is 81.2 Å². The van der Waals surface area contributed by atoms with Crippen molar-refractivity contribution < 1.29 is 14.3 Å². The number of hydrogen-bond acceptors (Lipinski definition) is 7. The molecule has 0 bridgehead atoms. The number of aromatic nitrogens is 2. The molecule has 0 aliphatic heterocycles. The van der Waals surface area contributed by atoms with Gasteiger partial charge in [0.15, 0.2) is 4.34 Å². The Morgan fingerprint density at radius 1 is 1.00 bits per heavy atom. The number of aryl methyl sites for hydroxylation is 1. The van der Waals surface area contributed by atoms with Gasteiger partial charge in [-0.15, -0.1) is 10.2 Å². The Morgan fingerprint density at radius 3 is 2.29 bits per heavy atom. The molecule has 0 saturated heterocycles. The van der Waals surface area contributed by atoms with Crippen LogP contribution < -0.4 is 5.32 Å². The number of esters is 1. The van der Waals surface area contributed by atoms with E-state index in [1.54, 1.807) is 12.1 Å². The van der Waals surface area contributed by atoms with Crippen molar-refractivity contribution in [2.45, 2.75) is 23.4 Å². The van der Waals surface area contributed by atoms with Gasteiger partial charge in [-0.1, -0.05) is 54.3 Å². The van der Waals surface area contributed by atoms with E-state index in [2.05, 4.69) is 27.2 Å². The molecule has 0 aliphatic rings. The lowest BCUT2D eigenvalue weighted by Crippen LogP contribution is -2.11. The number of ether oxygens (including phenoxy) is 1. The molecule has 0 saturated carbocycles. The van der Waals surface area contributed by atoms with E-state index < -0.39 is 0 Å². The van der Waals surface area contributed by atoms with Crippen molar-refractivity contribution in [2.24, 2.45) is 0 Å². The summed E-state index contributed by atoms with van der Waals surface area (Å²) in [6, 6.07) is 14.7. The van der Waals surface area contributed by atoms with Crippen molar-refractivity contribution in [1.29, 1.82) is 0 Å². The number of carbonyl (C=O) groups is 2. The summed E-state index contributed by atoms with van der Waals surface area (Å²) in [5.41, 5.74) is 3.34. The molecule has 2 aromatic carbocycles. The first kappa shape index (κ1) is 20.0. The van der Waals surface area contributed by atoms with E-state index in [0.29, 0.717) is 22.0 Å². The van der Waals surface area contributed by atoms with Crippen LogP contribution in [0.1, 0.15) is 38.8 Å². The van der Waals surface area contributed by atoms with E-state index in [-0.39, 0.29) is 11.9 Å². The number of anilines is 1. The molecule has 1 amide bonds. The van der Waals surface area contributed by atoms with Gasteiger partial charge in [-0.05, 0) is 41.8 Å². The fraction of sp³-hybridized carbons (Fsp3) is 0.200. The Kier molecular flexibility index (Phi) is 6.78. The van der Waals surface area contributed by atoms with Crippen LogP contribution in [0.15, 0.2) is 52.9 Å². The van der Waals surface area contributed by atoms with Gasteiger partial charge in [0, 0.05) is 11.3 Å². The maximum absolute atomic E-state index is 12.3. The van der Waals surface area contributed by atoms with Gasteiger partial charge in [0.1, 0.15) is 0 Å². The Bertz CT molecular complexity index is 954. The molecule has 6 nitrogen and oxygen atoms in total. The number of nitrogens with one attached hydrogen (secondary N) is 1. The van der Waals surface area contributed by atoms with Crippen LogP contribution in [-0.2, 0) is 16.9 Å². The zero-order valence-corrected chi connectivity index (χ0v) is 17.1. The molecule has 8 heteroatoms. The van der Waals surface area contributed by atoms with Crippen LogP contribution in [0.2, 0.25) is 0 Å². The van der Waals surface area contributed by atoms with Crippen LogP contribution >= 0.6 is 23.1 Å². The van der Waals surface area contributed by atoms with Crippen LogP contribution in [0.5, 0.6) is 0 Å². The van der Waals surface area contributed by atoms with Gasteiger partial charge >= 0.3 is 5.97 Å². The number of nitrogens with zero attached hydrogens (tertiary/aromatic N) is 2. The van der Waals surface area contributed by atoms with Gasteiger partial charge in [-0.3, -0.25) is 10.1 Å². The smallest absolute Gasteiger partial charge is 0.337 e. The highest BCUT2D eigenvalue weighted by atomic mass is 32.2. The monoisotopic (exact) mass is 413 g/mol. The van der Waals surface area contributed by atoms with Gasteiger partial charge in [-0.2, -0.15) is 0 Å². The highest BCUT2D eigenvalue weighted by Gasteiger charge is 2.11. The van der Waals surface area contributed by atoms with Gasteiger partial charge < -0.3 is 4.74 Å². The normalized spacial score (nSPS) is 10.5. The van der Waals surface area contributed by atoms with E-state index in [4.69, 9.17) is 0 Å². The summed E-state index contributed by atoms with van der Waals surface area (Å²) in [5, 5.41) is 11.4. The molecule has 1 aromatic heterocycles. The van der Waals surface area contributed by atoms with Gasteiger partial charge in [-0.25, -0.2) is 4.79 Å². The first-order chi connectivity index (χ1) is 13.6. The number of amides is 1. The minimum absolute atomic E-state index is 0.200. The molecule has 0 aliphatic carbocycles. The van der Waals surface area contributed by atoms with Crippen molar-refractivity contribution in [3.05, 3.63) is 70.8 Å². The summed E-state index contributed by atoms with van der Waals surface area (Å²) in [5.74, 6) is 0.129. The number of hydrogen-bond donors (Lipinski definition) is 1. The molecule has 28 heavy (non-hydrogen) atoms. The van der Waals surface area contributed by atoms with E-state index in [0.717, 1.165) is 16.3 Å². The average Bonchev–Trinajstić information content (AvgIpc) is 3.19. The second kappa shape index (κ2) is 9.48. The summed E-state index contributed by atoms with van der Waals surface area (Å²) >= 11 is 2.85. The first-order valence-corrected chi connectivity index (χ1v) is 10.4. The summed E-state index contributed by atoms with van der Waals surface area (Å²) in [6.45, 7) is 2.07. The molecule has 0 unspecified atom stereocenters. The zero-order chi connectivity index (χ0) is 19.9. The SMILES string of the molecule is CCc1ccc(C(=O)Nc2nnc(SCc3ccc(C(=O)OC)cc3)s2)cc1. The number of rotatable bonds is 7. The van der Waals surface area contributed by atoms with Crippen molar-refractivity contribution >= 4 is 40.1 Å². The van der Waals surface area contributed by atoms with Crippen LogP contribution in [0.25, 0.3) is 0 Å². The number of carbonyl (C=O) groups excluding carboxylic acids is 2. The highest BCUT2D eigenvalue weighted by molar-refractivity contribution is 8.00. The molecular formula is C20H19N3O3S2. The third-order valence-corrected chi connectivity index (χ3v) is 6.03. The second-order valence-electron chi connectivity index (χ2n) is 5.85. The molecule has 3 rings (SSSR count). The standard InChI is InChI=1S/C20H19N3O3S2/c1-3-13-4-8-15(9-5-13)17(24)21-19-22-23-20(28-19)27-12-14-6-10-16(11-7-14)18(25)26-2/h4-11H,3,12H2,1-2H3,(H,21,22,24). The van der Waals surface area contributed by atoms with E-state index in [1.165, 1.54) is 35.8 Å². The van der Waals surface area contributed by atoms with Gasteiger partial charge in [0.05, 0.1) is 12.7 Å².